The Morgan fingerprint density at radius 2 is 2.29 bits per heavy atom. The summed E-state index contributed by atoms with van der Waals surface area (Å²) in [5.74, 6) is 0.869. The average Bonchev–Trinajstić information content (AvgIpc) is 2.98. The van der Waals surface area contributed by atoms with Crippen LogP contribution in [0.5, 0.6) is 5.75 Å². The van der Waals surface area contributed by atoms with Gasteiger partial charge in [0.15, 0.2) is 6.61 Å². The number of ether oxygens (including phenoxy) is 1. The molecule has 0 saturated carbocycles. The van der Waals surface area contributed by atoms with E-state index >= 15 is 0 Å². The minimum Gasteiger partial charge on any atom is -0.484 e. The number of carbonyl (C=O) groups is 1. The van der Waals surface area contributed by atoms with E-state index in [1.807, 2.05) is 6.07 Å². The Balaban J connectivity index is 1.70. The summed E-state index contributed by atoms with van der Waals surface area (Å²) in [6.45, 7) is -0.139. The molecule has 21 heavy (non-hydrogen) atoms. The van der Waals surface area contributed by atoms with E-state index in [9.17, 15) is 4.79 Å². The number of rotatable bonds is 6. The Hall–Kier alpha value is -2.53. The molecule has 0 aliphatic heterocycles. The van der Waals surface area contributed by atoms with Crippen molar-refractivity contribution >= 4 is 29.8 Å². The van der Waals surface area contributed by atoms with Gasteiger partial charge in [0.05, 0.1) is 6.26 Å². The molecule has 2 rings (SSSR count). The Kier molecular flexibility index (Phi) is 5.60. The molecule has 1 heterocycles. The third-order valence-corrected chi connectivity index (χ3v) is 2.55. The fraction of sp³-hybridized carbons (Fsp3) is 0.0667. The first-order chi connectivity index (χ1) is 10.2. The van der Waals surface area contributed by atoms with Gasteiger partial charge in [-0.15, -0.1) is 0 Å². The van der Waals surface area contributed by atoms with Crippen molar-refractivity contribution in [2.24, 2.45) is 5.10 Å². The molecule has 1 aromatic carbocycles. The molecule has 0 bridgehead atoms. The highest BCUT2D eigenvalue weighted by Gasteiger charge is 2.01. The number of carbonyl (C=O) groups excluding carboxylic acids is 1. The van der Waals surface area contributed by atoms with Gasteiger partial charge >= 0.3 is 0 Å². The van der Waals surface area contributed by atoms with Crippen LogP contribution < -0.4 is 10.2 Å². The van der Waals surface area contributed by atoms with Crippen molar-refractivity contribution in [3.8, 4) is 5.75 Å². The maximum absolute atomic E-state index is 11.5. The molecule has 1 amide bonds. The van der Waals surface area contributed by atoms with Crippen LogP contribution in [-0.4, -0.2) is 18.7 Å². The summed E-state index contributed by atoms with van der Waals surface area (Å²) < 4.78 is 10.4. The number of benzene rings is 1. The quantitative estimate of drug-likeness (QED) is 0.658. The zero-order valence-electron chi connectivity index (χ0n) is 11.0. The second-order valence-corrected chi connectivity index (χ2v) is 4.37. The standard InChI is InChI=1S/C15H13ClN2O3/c16-12-4-1-5-14(10-12)21-11-15(19)18-17-8-2-6-13-7-3-9-20-13/h1-10H,11H2,(H,18,19). The van der Waals surface area contributed by atoms with Crippen LogP contribution in [-0.2, 0) is 4.79 Å². The van der Waals surface area contributed by atoms with Gasteiger partial charge in [-0.1, -0.05) is 17.7 Å². The Morgan fingerprint density at radius 3 is 3.05 bits per heavy atom. The van der Waals surface area contributed by atoms with Crippen molar-refractivity contribution in [3.05, 3.63) is 59.5 Å². The monoisotopic (exact) mass is 304 g/mol. The van der Waals surface area contributed by atoms with E-state index in [0.29, 0.717) is 16.5 Å². The lowest BCUT2D eigenvalue weighted by Crippen LogP contribution is -2.24. The molecule has 1 aromatic heterocycles. The summed E-state index contributed by atoms with van der Waals surface area (Å²) in [5, 5.41) is 4.29. The van der Waals surface area contributed by atoms with Crippen molar-refractivity contribution in [3.63, 3.8) is 0 Å². The highest BCUT2D eigenvalue weighted by atomic mass is 35.5. The highest BCUT2D eigenvalue weighted by molar-refractivity contribution is 6.30. The maximum atomic E-state index is 11.5. The number of furan rings is 1. The van der Waals surface area contributed by atoms with Crippen molar-refractivity contribution in [2.45, 2.75) is 0 Å². The molecule has 0 fully saturated rings. The summed E-state index contributed by atoms with van der Waals surface area (Å²) in [6.07, 6.45) is 6.39. The summed E-state index contributed by atoms with van der Waals surface area (Å²) in [5.41, 5.74) is 2.34. The fourth-order valence-corrected chi connectivity index (χ4v) is 1.59. The van der Waals surface area contributed by atoms with Crippen molar-refractivity contribution in [1.82, 2.24) is 5.43 Å². The van der Waals surface area contributed by atoms with Crippen LogP contribution in [0.3, 0.4) is 0 Å². The number of allylic oxidation sites excluding steroid dienone is 1. The fourth-order valence-electron chi connectivity index (χ4n) is 1.41. The van der Waals surface area contributed by atoms with E-state index in [4.69, 9.17) is 20.8 Å². The summed E-state index contributed by atoms with van der Waals surface area (Å²) >= 11 is 5.80. The number of hydrogen-bond donors (Lipinski definition) is 1. The van der Waals surface area contributed by atoms with Crippen molar-refractivity contribution in [2.75, 3.05) is 6.61 Å². The second-order valence-electron chi connectivity index (χ2n) is 3.93. The molecule has 0 unspecified atom stereocenters. The number of nitrogens with zero attached hydrogens (tertiary/aromatic N) is 1. The first-order valence-electron chi connectivity index (χ1n) is 6.14. The number of hydrogen-bond acceptors (Lipinski definition) is 4. The lowest BCUT2D eigenvalue weighted by atomic mass is 10.3. The minimum absolute atomic E-state index is 0.139. The predicted molar refractivity (Wildman–Crippen MR) is 81.3 cm³/mol. The van der Waals surface area contributed by atoms with Crippen LogP contribution in [0.1, 0.15) is 5.76 Å². The van der Waals surface area contributed by atoms with Gasteiger partial charge < -0.3 is 9.15 Å². The van der Waals surface area contributed by atoms with Gasteiger partial charge in [0.2, 0.25) is 0 Å². The van der Waals surface area contributed by atoms with E-state index in [1.54, 1.807) is 48.7 Å². The lowest BCUT2D eigenvalue weighted by molar-refractivity contribution is -0.123. The molecule has 0 saturated heterocycles. The second kappa shape index (κ2) is 7.91. The van der Waals surface area contributed by atoms with E-state index in [1.165, 1.54) is 6.21 Å². The number of halogens is 1. The smallest absolute Gasteiger partial charge is 0.277 e. The SMILES string of the molecule is O=C(COc1cccc(Cl)c1)NN=CC=Cc1ccco1. The maximum Gasteiger partial charge on any atom is 0.277 e. The predicted octanol–water partition coefficient (Wildman–Crippen LogP) is 3.13. The first-order valence-corrected chi connectivity index (χ1v) is 6.52. The Labute approximate surface area is 126 Å². The molecule has 5 nitrogen and oxygen atoms in total. The van der Waals surface area contributed by atoms with Crippen LogP contribution in [0.25, 0.3) is 6.08 Å². The third-order valence-electron chi connectivity index (χ3n) is 2.32. The zero-order chi connectivity index (χ0) is 14.9. The molecule has 108 valence electrons. The van der Waals surface area contributed by atoms with Crippen LogP contribution >= 0.6 is 11.6 Å². The first kappa shape index (κ1) is 14.9. The van der Waals surface area contributed by atoms with Gasteiger partial charge in [-0.3, -0.25) is 4.79 Å². The minimum atomic E-state index is -0.363. The normalized spacial score (nSPS) is 11.1. The van der Waals surface area contributed by atoms with E-state index in [2.05, 4.69) is 10.5 Å². The Morgan fingerprint density at radius 1 is 1.38 bits per heavy atom. The number of nitrogens with one attached hydrogen (secondary N) is 1. The van der Waals surface area contributed by atoms with Gasteiger partial charge in [-0.25, -0.2) is 5.43 Å². The topological polar surface area (TPSA) is 63.8 Å². The van der Waals surface area contributed by atoms with Crippen molar-refractivity contribution in [1.29, 1.82) is 0 Å². The molecular weight excluding hydrogens is 292 g/mol. The van der Waals surface area contributed by atoms with Gasteiger partial charge in [0, 0.05) is 11.2 Å². The van der Waals surface area contributed by atoms with Gasteiger partial charge in [-0.05, 0) is 42.5 Å². The zero-order valence-corrected chi connectivity index (χ0v) is 11.8. The molecule has 6 heteroatoms. The van der Waals surface area contributed by atoms with Crippen LogP contribution in [0.4, 0.5) is 0 Å². The van der Waals surface area contributed by atoms with Crippen LogP contribution in [0.15, 0.2) is 58.3 Å². The Bertz CT molecular complexity index is 636. The molecule has 1 N–H and O–H groups in total. The van der Waals surface area contributed by atoms with Crippen molar-refractivity contribution < 1.29 is 13.9 Å². The van der Waals surface area contributed by atoms with Crippen LogP contribution in [0.2, 0.25) is 5.02 Å². The summed E-state index contributed by atoms with van der Waals surface area (Å²) in [4.78, 5) is 11.5. The summed E-state index contributed by atoms with van der Waals surface area (Å²) in [7, 11) is 0. The van der Waals surface area contributed by atoms with Gasteiger partial charge in [-0.2, -0.15) is 5.10 Å². The van der Waals surface area contributed by atoms with E-state index < -0.39 is 0 Å². The molecule has 0 radical (unpaired) electrons. The van der Waals surface area contributed by atoms with E-state index in [-0.39, 0.29) is 12.5 Å². The average molecular weight is 305 g/mol. The van der Waals surface area contributed by atoms with Gasteiger partial charge in [0.25, 0.3) is 5.91 Å². The summed E-state index contributed by atoms with van der Waals surface area (Å²) in [6, 6.07) is 10.4. The molecular formula is C15H13ClN2O3. The number of amides is 1. The molecule has 0 spiro atoms. The molecule has 0 aliphatic carbocycles. The third kappa shape index (κ3) is 5.54. The molecule has 0 atom stereocenters. The highest BCUT2D eigenvalue weighted by Crippen LogP contribution is 2.16. The lowest BCUT2D eigenvalue weighted by Gasteiger charge is -2.04. The van der Waals surface area contributed by atoms with Gasteiger partial charge in [0.1, 0.15) is 11.5 Å². The van der Waals surface area contributed by atoms with Crippen LogP contribution in [0, 0.1) is 0 Å². The molecule has 0 aliphatic rings. The number of hydrazone groups is 1. The largest absolute Gasteiger partial charge is 0.484 e. The molecule has 2 aromatic rings. The van der Waals surface area contributed by atoms with E-state index in [0.717, 1.165) is 0 Å².